The Labute approximate surface area is 258 Å². The zero-order valence-corrected chi connectivity index (χ0v) is 25.6. The van der Waals surface area contributed by atoms with Gasteiger partial charge in [0.2, 0.25) is 9.84 Å². The van der Waals surface area contributed by atoms with Gasteiger partial charge in [-0.25, -0.2) is 13.4 Å². The smallest absolute Gasteiger partial charge is 0.320 e. The number of carbonyl (C=O) groups excluding carboxylic acids is 2. The van der Waals surface area contributed by atoms with Gasteiger partial charge in [-0.15, -0.1) is 11.3 Å². The zero-order chi connectivity index (χ0) is 31.4. The summed E-state index contributed by atoms with van der Waals surface area (Å²) in [6.45, 7) is 2.91. The van der Waals surface area contributed by atoms with Crippen molar-refractivity contribution >= 4 is 44.6 Å². The van der Waals surface area contributed by atoms with E-state index in [0.29, 0.717) is 25.3 Å². The molecule has 11 nitrogen and oxygen atoms in total. The Morgan fingerprint density at radius 1 is 1.09 bits per heavy atom. The SMILES string of the molecule is CC(C(=O)O)N(C)CCCOc1ccc(-c2ncc(CNC(=O)c3ccc4c(c3)NC(=O)c3ccccc3S4(=O)=O)s2)cc1. The van der Waals surface area contributed by atoms with E-state index in [2.05, 4.69) is 15.6 Å². The van der Waals surface area contributed by atoms with Crippen molar-refractivity contribution in [2.75, 3.05) is 25.5 Å². The number of carboxylic acid groups (broad SMARTS) is 1. The average molecular weight is 635 g/mol. The first-order chi connectivity index (χ1) is 21.0. The molecular formula is C31H30N4O7S2. The summed E-state index contributed by atoms with van der Waals surface area (Å²) in [4.78, 5) is 43.6. The Morgan fingerprint density at radius 3 is 2.59 bits per heavy atom. The lowest BCUT2D eigenvalue weighted by atomic mass is 10.1. The third-order valence-electron chi connectivity index (χ3n) is 7.22. The molecule has 1 atom stereocenters. The Bertz CT molecular complexity index is 1820. The van der Waals surface area contributed by atoms with Gasteiger partial charge in [0.15, 0.2) is 0 Å². The van der Waals surface area contributed by atoms with Gasteiger partial charge in [-0.2, -0.15) is 0 Å². The molecular weight excluding hydrogens is 604 g/mol. The summed E-state index contributed by atoms with van der Waals surface area (Å²) >= 11 is 1.42. The van der Waals surface area contributed by atoms with E-state index in [-0.39, 0.29) is 33.2 Å². The summed E-state index contributed by atoms with van der Waals surface area (Å²) in [7, 11) is -2.19. The maximum Gasteiger partial charge on any atom is 0.320 e. The quantitative estimate of drug-likeness (QED) is 0.205. The van der Waals surface area contributed by atoms with Crippen molar-refractivity contribution in [2.24, 2.45) is 0 Å². The van der Waals surface area contributed by atoms with Crippen LogP contribution in [0.2, 0.25) is 0 Å². The number of thiazole rings is 1. The molecule has 0 saturated carbocycles. The van der Waals surface area contributed by atoms with Crippen LogP contribution in [0, 0.1) is 0 Å². The number of sulfone groups is 1. The molecule has 0 bridgehead atoms. The first-order valence-corrected chi connectivity index (χ1v) is 16.0. The maximum atomic E-state index is 13.2. The average Bonchev–Trinajstić information content (AvgIpc) is 3.47. The van der Waals surface area contributed by atoms with Crippen molar-refractivity contribution in [1.29, 1.82) is 0 Å². The molecule has 13 heteroatoms. The predicted octanol–water partition coefficient (Wildman–Crippen LogP) is 4.31. The molecule has 3 aromatic carbocycles. The number of ether oxygens (including phenoxy) is 1. The highest BCUT2D eigenvalue weighted by atomic mass is 32.2. The van der Waals surface area contributed by atoms with Gasteiger partial charge >= 0.3 is 5.97 Å². The molecule has 228 valence electrons. The van der Waals surface area contributed by atoms with Gasteiger partial charge in [0, 0.05) is 28.7 Å². The van der Waals surface area contributed by atoms with Crippen LogP contribution in [0.15, 0.2) is 82.7 Å². The number of hydrogen-bond acceptors (Lipinski definition) is 9. The van der Waals surface area contributed by atoms with E-state index in [1.807, 2.05) is 24.3 Å². The normalized spacial score (nSPS) is 14.1. The van der Waals surface area contributed by atoms with Crippen LogP contribution in [0.4, 0.5) is 5.69 Å². The van der Waals surface area contributed by atoms with Crippen LogP contribution in [-0.4, -0.2) is 67.4 Å². The van der Waals surface area contributed by atoms with Crippen LogP contribution in [0.1, 0.15) is 38.9 Å². The monoisotopic (exact) mass is 634 g/mol. The second-order valence-corrected chi connectivity index (χ2v) is 13.2. The van der Waals surface area contributed by atoms with E-state index < -0.39 is 33.7 Å². The van der Waals surface area contributed by atoms with Gasteiger partial charge in [-0.3, -0.25) is 19.3 Å². The summed E-state index contributed by atoms with van der Waals surface area (Å²) in [6, 6.07) is 17.0. The number of hydrogen-bond donors (Lipinski definition) is 3. The minimum Gasteiger partial charge on any atom is -0.494 e. The van der Waals surface area contributed by atoms with Crippen molar-refractivity contribution in [3.05, 3.63) is 88.9 Å². The molecule has 1 aliphatic rings. The minimum absolute atomic E-state index is 0.0468. The highest BCUT2D eigenvalue weighted by molar-refractivity contribution is 7.91. The molecule has 1 unspecified atom stereocenters. The standard InChI is InChI=1S/C31H30N4O7S2/c1-19(31(38)39)35(2)14-5-15-42-22-11-8-20(9-12-22)30-33-18-23(43-30)17-32-28(36)21-10-13-27-25(16-21)34-29(37)24-6-3-4-7-26(24)44(27,40)41/h3-4,6-13,16,18-19H,5,14-15,17H2,1-2H3,(H,32,36)(H,34,37)(H,38,39). The van der Waals surface area contributed by atoms with E-state index in [9.17, 15) is 22.8 Å². The number of amides is 2. The lowest BCUT2D eigenvalue weighted by Crippen LogP contribution is -2.36. The van der Waals surface area contributed by atoms with Crippen molar-refractivity contribution in [3.63, 3.8) is 0 Å². The molecule has 1 aliphatic heterocycles. The number of likely N-dealkylation sites (N-methyl/N-ethyl adjacent to an activating group) is 1. The van der Waals surface area contributed by atoms with Gasteiger partial charge < -0.3 is 20.5 Å². The summed E-state index contributed by atoms with van der Waals surface area (Å²) < 4.78 is 32.2. The number of carboxylic acids is 1. The predicted molar refractivity (Wildman–Crippen MR) is 165 cm³/mol. The fourth-order valence-corrected chi connectivity index (χ4v) is 7.02. The van der Waals surface area contributed by atoms with Crippen LogP contribution >= 0.6 is 11.3 Å². The molecule has 0 aliphatic carbocycles. The Morgan fingerprint density at radius 2 is 1.84 bits per heavy atom. The first kappa shape index (κ1) is 30.9. The number of rotatable bonds is 11. The van der Waals surface area contributed by atoms with Gasteiger partial charge in [0.1, 0.15) is 16.8 Å². The van der Waals surface area contributed by atoms with Gasteiger partial charge in [-0.1, -0.05) is 12.1 Å². The van der Waals surface area contributed by atoms with E-state index >= 15 is 0 Å². The lowest BCUT2D eigenvalue weighted by molar-refractivity contribution is -0.142. The molecule has 5 rings (SSSR count). The molecule has 44 heavy (non-hydrogen) atoms. The van der Waals surface area contributed by atoms with Crippen LogP contribution in [-0.2, 0) is 21.2 Å². The van der Waals surface area contributed by atoms with Crippen LogP contribution in [0.3, 0.4) is 0 Å². The fourth-order valence-electron chi connectivity index (χ4n) is 4.57. The number of anilines is 1. The molecule has 0 fully saturated rings. The number of carbonyl (C=O) groups is 3. The molecule has 4 aromatic rings. The fraction of sp³-hybridized carbons (Fsp3) is 0.226. The van der Waals surface area contributed by atoms with Gasteiger partial charge in [0.25, 0.3) is 11.8 Å². The van der Waals surface area contributed by atoms with E-state index in [4.69, 9.17) is 9.84 Å². The Hall–Kier alpha value is -4.59. The second-order valence-electron chi connectivity index (χ2n) is 10.2. The second kappa shape index (κ2) is 13.0. The van der Waals surface area contributed by atoms with E-state index in [0.717, 1.165) is 15.4 Å². The minimum atomic E-state index is -3.96. The summed E-state index contributed by atoms with van der Waals surface area (Å²) in [5.41, 5.74) is 1.18. The van der Waals surface area contributed by atoms with E-state index in [1.165, 1.54) is 41.7 Å². The van der Waals surface area contributed by atoms with Crippen molar-refractivity contribution in [1.82, 2.24) is 15.2 Å². The zero-order valence-electron chi connectivity index (χ0n) is 23.9. The molecule has 2 heterocycles. The largest absolute Gasteiger partial charge is 0.494 e. The summed E-state index contributed by atoms with van der Waals surface area (Å²) in [5, 5.41) is 15.3. The topological polar surface area (TPSA) is 155 Å². The Balaban J connectivity index is 1.16. The highest BCUT2D eigenvalue weighted by Gasteiger charge is 2.31. The number of benzene rings is 3. The molecule has 0 radical (unpaired) electrons. The van der Waals surface area contributed by atoms with Gasteiger partial charge in [0.05, 0.1) is 34.2 Å². The van der Waals surface area contributed by atoms with Crippen LogP contribution in [0.5, 0.6) is 5.75 Å². The number of nitrogens with zero attached hydrogens (tertiary/aromatic N) is 2. The molecule has 0 spiro atoms. The molecule has 0 saturated heterocycles. The first-order valence-electron chi connectivity index (χ1n) is 13.7. The highest BCUT2D eigenvalue weighted by Crippen LogP contribution is 2.34. The number of aliphatic carboxylic acids is 1. The van der Waals surface area contributed by atoms with Crippen LogP contribution < -0.4 is 15.4 Å². The van der Waals surface area contributed by atoms with Crippen LogP contribution in [0.25, 0.3) is 10.6 Å². The Kier molecular flexibility index (Phi) is 9.09. The van der Waals surface area contributed by atoms with Crippen molar-refractivity contribution in [3.8, 4) is 16.3 Å². The summed E-state index contributed by atoms with van der Waals surface area (Å²) in [5.74, 6) is -1.15. The van der Waals surface area contributed by atoms with E-state index in [1.54, 1.807) is 37.2 Å². The maximum absolute atomic E-state index is 13.2. The van der Waals surface area contributed by atoms with Crippen molar-refractivity contribution < 1.29 is 32.6 Å². The third-order valence-corrected chi connectivity index (χ3v) is 10.1. The number of fused-ring (bicyclic) bond motifs is 2. The number of nitrogens with one attached hydrogen (secondary N) is 2. The third kappa shape index (κ3) is 6.64. The molecule has 2 amide bonds. The number of aromatic nitrogens is 1. The molecule has 1 aromatic heterocycles. The van der Waals surface area contributed by atoms with Gasteiger partial charge in [-0.05, 0) is 75.0 Å². The van der Waals surface area contributed by atoms with Crippen molar-refractivity contribution in [2.45, 2.75) is 35.7 Å². The lowest BCUT2D eigenvalue weighted by Gasteiger charge is -2.20. The molecule has 3 N–H and O–H groups in total. The summed E-state index contributed by atoms with van der Waals surface area (Å²) in [6.07, 6.45) is 2.37.